The van der Waals surface area contributed by atoms with Crippen LogP contribution in [0.4, 0.5) is 5.13 Å². The zero-order chi connectivity index (χ0) is 31.0. The fraction of sp³-hybridized carbons (Fsp3) is 0.324. The molecule has 0 saturated carbocycles. The number of carbonyl (C=O) groups excluding carboxylic acids is 2. The molecule has 6 rings (SSSR count). The molecular formula is C34H34N2O7S. The summed E-state index contributed by atoms with van der Waals surface area (Å²) in [5.74, 6) is 0.579. The summed E-state index contributed by atoms with van der Waals surface area (Å²) in [7, 11) is 3.13. The normalized spacial score (nSPS) is 18.9. The Morgan fingerprint density at radius 2 is 1.89 bits per heavy atom. The van der Waals surface area contributed by atoms with Crippen LogP contribution >= 0.6 is 11.3 Å². The van der Waals surface area contributed by atoms with Gasteiger partial charge in [0.25, 0.3) is 5.78 Å². The second-order valence-electron chi connectivity index (χ2n) is 10.9. The van der Waals surface area contributed by atoms with Crippen LogP contribution in [0.2, 0.25) is 0 Å². The number of ketones is 1. The Labute approximate surface area is 259 Å². The van der Waals surface area contributed by atoms with Crippen molar-refractivity contribution in [1.29, 1.82) is 0 Å². The van der Waals surface area contributed by atoms with Crippen molar-refractivity contribution in [2.75, 3.05) is 25.7 Å². The van der Waals surface area contributed by atoms with Gasteiger partial charge in [0.15, 0.2) is 16.6 Å². The molecule has 2 aliphatic rings. The van der Waals surface area contributed by atoms with Crippen molar-refractivity contribution in [2.45, 2.75) is 51.7 Å². The van der Waals surface area contributed by atoms with E-state index >= 15 is 0 Å². The summed E-state index contributed by atoms with van der Waals surface area (Å²) in [6.45, 7) is 4.64. The van der Waals surface area contributed by atoms with E-state index in [4.69, 9.17) is 23.9 Å². The summed E-state index contributed by atoms with van der Waals surface area (Å²) in [5.41, 5.74) is 2.56. The van der Waals surface area contributed by atoms with Gasteiger partial charge in [-0.25, -0.2) is 4.98 Å². The number of hydrogen-bond donors (Lipinski definition) is 1. The van der Waals surface area contributed by atoms with Crippen molar-refractivity contribution < 1.29 is 33.6 Å². The molecule has 0 unspecified atom stereocenters. The van der Waals surface area contributed by atoms with Crippen molar-refractivity contribution in [3.05, 3.63) is 76.9 Å². The number of nitrogens with zero attached hydrogens (tertiary/aromatic N) is 2. The van der Waals surface area contributed by atoms with Crippen LogP contribution in [-0.4, -0.2) is 48.7 Å². The second-order valence-corrected chi connectivity index (χ2v) is 11.9. The summed E-state index contributed by atoms with van der Waals surface area (Å²) in [6.07, 6.45) is 3.74. The summed E-state index contributed by atoms with van der Waals surface area (Å²) in [4.78, 5) is 33.6. The van der Waals surface area contributed by atoms with Gasteiger partial charge < -0.3 is 24.1 Å². The van der Waals surface area contributed by atoms with Gasteiger partial charge in [-0.3, -0.25) is 14.5 Å². The lowest BCUT2D eigenvalue weighted by molar-refractivity contribution is -0.132. The number of amides is 1. The SMILES string of the molecule is CCCCCOc1ccc([C@@H]2C(=C(O)c3ccc4c(c3)C[C@@H](C)O4)C(=O)C(=O)N2c2nc3ccc(OC)cc3s2)cc1OC. The summed E-state index contributed by atoms with van der Waals surface area (Å²) < 4.78 is 23.7. The molecule has 3 aromatic carbocycles. The molecule has 0 spiro atoms. The summed E-state index contributed by atoms with van der Waals surface area (Å²) in [6, 6.07) is 15.1. The number of carbonyl (C=O) groups is 2. The van der Waals surface area contributed by atoms with Gasteiger partial charge in [-0.15, -0.1) is 0 Å². The van der Waals surface area contributed by atoms with E-state index in [-0.39, 0.29) is 17.4 Å². The zero-order valence-corrected chi connectivity index (χ0v) is 25.9. The molecule has 2 atom stereocenters. The van der Waals surface area contributed by atoms with Crippen LogP contribution in [0.1, 0.15) is 55.8 Å². The van der Waals surface area contributed by atoms with Gasteiger partial charge in [0.1, 0.15) is 23.4 Å². The maximum atomic E-state index is 13.8. The maximum absolute atomic E-state index is 13.8. The minimum atomic E-state index is -0.969. The van der Waals surface area contributed by atoms with E-state index in [9.17, 15) is 14.7 Å². The number of rotatable bonds is 10. The van der Waals surface area contributed by atoms with Crippen LogP contribution in [0.25, 0.3) is 16.0 Å². The number of ether oxygens (including phenoxy) is 4. The number of fused-ring (bicyclic) bond motifs is 2. The Bertz CT molecular complexity index is 1780. The van der Waals surface area contributed by atoms with Crippen LogP contribution in [0, 0.1) is 0 Å². The molecule has 228 valence electrons. The van der Waals surface area contributed by atoms with Gasteiger partial charge in [-0.05, 0) is 73.0 Å². The highest BCUT2D eigenvalue weighted by Crippen LogP contribution is 2.46. The third kappa shape index (κ3) is 5.34. The number of thiazole rings is 1. The number of hydrogen-bond acceptors (Lipinski definition) is 9. The van der Waals surface area contributed by atoms with Crippen LogP contribution in [-0.2, 0) is 16.0 Å². The lowest BCUT2D eigenvalue weighted by atomic mass is 9.94. The first-order chi connectivity index (χ1) is 21.3. The van der Waals surface area contributed by atoms with Gasteiger partial charge in [-0.1, -0.05) is 37.2 Å². The van der Waals surface area contributed by atoms with Gasteiger partial charge >= 0.3 is 5.91 Å². The molecule has 2 aliphatic heterocycles. The highest BCUT2D eigenvalue weighted by atomic mass is 32.1. The second kappa shape index (κ2) is 12.2. The van der Waals surface area contributed by atoms with Crippen LogP contribution in [0.3, 0.4) is 0 Å². The molecular weight excluding hydrogens is 580 g/mol. The molecule has 0 aliphatic carbocycles. The topological polar surface area (TPSA) is 107 Å². The van der Waals surface area contributed by atoms with Crippen molar-refractivity contribution in [3.8, 4) is 23.0 Å². The molecule has 4 aromatic rings. The third-order valence-electron chi connectivity index (χ3n) is 7.91. The van der Waals surface area contributed by atoms with E-state index < -0.39 is 17.7 Å². The quantitative estimate of drug-likeness (QED) is 0.0896. The molecule has 1 amide bonds. The highest BCUT2D eigenvalue weighted by Gasteiger charge is 2.48. The highest BCUT2D eigenvalue weighted by molar-refractivity contribution is 7.22. The van der Waals surface area contributed by atoms with Crippen molar-refractivity contribution in [3.63, 3.8) is 0 Å². The number of unbranched alkanes of at least 4 members (excludes halogenated alkanes) is 2. The van der Waals surface area contributed by atoms with Gasteiger partial charge in [0, 0.05) is 12.0 Å². The smallest absolute Gasteiger partial charge is 0.301 e. The molecule has 9 nitrogen and oxygen atoms in total. The van der Waals surface area contributed by atoms with Gasteiger partial charge in [-0.2, -0.15) is 0 Å². The van der Waals surface area contributed by atoms with Crippen LogP contribution in [0.15, 0.2) is 60.2 Å². The average Bonchev–Trinajstić information content (AvgIpc) is 3.70. The monoisotopic (exact) mass is 614 g/mol. The Hall–Kier alpha value is -4.57. The number of aromatic nitrogens is 1. The first-order valence-electron chi connectivity index (χ1n) is 14.7. The molecule has 0 bridgehead atoms. The Morgan fingerprint density at radius 1 is 1.05 bits per heavy atom. The lowest BCUT2D eigenvalue weighted by Crippen LogP contribution is -2.29. The molecule has 1 N–H and O–H groups in total. The van der Waals surface area contributed by atoms with Crippen LogP contribution < -0.4 is 23.8 Å². The first kappa shape index (κ1) is 29.5. The first-order valence-corrected chi connectivity index (χ1v) is 15.5. The van der Waals surface area contributed by atoms with Crippen molar-refractivity contribution in [2.24, 2.45) is 0 Å². The number of benzene rings is 3. The summed E-state index contributed by atoms with van der Waals surface area (Å²) >= 11 is 1.27. The van der Waals surface area contributed by atoms with E-state index in [1.165, 1.54) is 16.2 Å². The minimum Gasteiger partial charge on any atom is -0.507 e. The van der Waals surface area contributed by atoms with E-state index in [1.54, 1.807) is 56.7 Å². The van der Waals surface area contributed by atoms with Gasteiger partial charge in [0.2, 0.25) is 0 Å². The Balaban J connectivity index is 1.48. The van der Waals surface area contributed by atoms with E-state index in [2.05, 4.69) is 6.92 Å². The number of methoxy groups -OCH3 is 2. The average molecular weight is 615 g/mol. The van der Waals surface area contributed by atoms with E-state index in [0.717, 1.165) is 35.3 Å². The molecule has 0 radical (unpaired) electrons. The van der Waals surface area contributed by atoms with Gasteiger partial charge in [0.05, 0.1) is 42.7 Å². The lowest BCUT2D eigenvalue weighted by Gasteiger charge is -2.24. The molecule has 3 heterocycles. The minimum absolute atomic E-state index is 0.0146. The number of aliphatic hydroxyl groups is 1. The van der Waals surface area contributed by atoms with E-state index in [0.29, 0.717) is 52.1 Å². The Morgan fingerprint density at radius 3 is 2.66 bits per heavy atom. The van der Waals surface area contributed by atoms with Crippen molar-refractivity contribution >= 4 is 44.1 Å². The maximum Gasteiger partial charge on any atom is 0.301 e. The van der Waals surface area contributed by atoms with Crippen molar-refractivity contribution in [1.82, 2.24) is 4.98 Å². The predicted octanol–water partition coefficient (Wildman–Crippen LogP) is 6.83. The van der Waals surface area contributed by atoms with Crippen LogP contribution in [0.5, 0.6) is 23.0 Å². The molecule has 1 fully saturated rings. The molecule has 10 heteroatoms. The largest absolute Gasteiger partial charge is 0.507 e. The fourth-order valence-corrected chi connectivity index (χ4v) is 6.72. The Kier molecular flexibility index (Phi) is 8.18. The standard InChI is InChI=1S/C34H34N2O7S/c1-5-6-7-14-42-26-13-8-20(17-27(26)41-4)30-29(31(37)21-9-12-25-22(16-21)15-19(2)43-25)32(38)33(39)36(30)34-35-24-11-10-23(40-3)18-28(24)44-34/h8-13,16-19,30,37H,5-7,14-15H2,1-4H3/t19-,30-/m1/s1. The van der Waals surface area contributed by atoms with E-state index in [1.807, 2.05) is 19.1 Å². The predicted molar refractivity (Wildman–Crippen MR) is 169 cm³/mol. The zero-order valence-electron chi connectivity index (χ0n) is 25.1. The fourth-order valence-electron chi connectivity index (χ4n) is 5.70. The number of Topliss-reactive ketones (excluding diaryl/α,β-unsaturated/α-hetero) is 1. The molecule has 1 aromatic heterocycles. The molecule has 44 heavy (non-hydrogen) atoms. The number of aliphatic hydroxyl groups excluding tert-OH is 1. The summed E-state index contributed by atoms with van der Waals surface area (Å²) in [5, 5.41) is 12.0. The number of anilines is 1. The molecule has 1 saturated heterocycles. The third-order valence-corrected chi connectivity index (χ3v) is 8.93.